The zero-order chi connectivity index (χ0) is 9.78. The minimum absolute atomic E-state index is 0.519. The van der Waals surface area contributed by atoms with Gasteiger partial charge in [0.1, 0.15) is 0 Å². The fourth-order valence-corrected chi connectivity index (χ4v) is 1.60. The Kier molecular flexibility index (Phi) is 4.89. The molecule has 0 N–H and O–H groups in total. The van der Waals surface area contributed by atoms with Crippen molar-refractivity contribution in [2.75, 3.05) is 0 Å². The lowest BCUT2D eigenvalue weighted by Gasteiger charge is -2.21. The molecule has 0 saturated heterocycles. The van der Waals surface area contributed by atoms with Crippen LogP contribution in [0.2, 0.25) is 0 Å². The van der Waals surface area contributed by atoms with Gasteiger partial charge in [-0.1, -0.05) is 48.0 Å². The van der Waals surface area contributed by atoms with Crippen molar-refractivity contribution in [2.24, 2.45) is 17.3 Å². The summed E-state index contributed by atoms with van der Waals surface area (Å²) >= 11 is 0. The molecule has 74 valence electrons. The van der Waals surface area contributed by atoms with Crippen LogP contribution >= 0.6 is 0 Å². The molecule has 0 aliphatic carbocycles. The molecule has 0 aromatic rings. The lowest BCUT2D eigenvalue weighted by Crippen LogP contribution is -2.08. The summed E-state index contributed by atoms with van der Waals surface area (Å²) in [6.07, 6.45) is 4.14. The second-order valence-corrected chi connectivity index (χ2v) is 5.83. The van der Waals surface area contributed by atoms with E-state index in [9.17, 15) is 0 Å². The topological polar surface area (TPSA) is 0 Å². The van der Waals surface area contributed by atoms with Crippen molar-refractivity contribution < 1.29 is 0 Å². The molecular weight excluding hydrogens is 144 g/mol. The summed E-state index contributed by atoms with van der Waals surface area (Å²) in [5, 5.41) is 0. The van der Waals surface area contributed by atoms with Gasteiger partial charge in [-0.15, -0.1) is 0 Å². The van der Waals surface area contributed by atoms with Crippen molar-refractivity contribution >= 4 is 0 Å². The molecule has 0 heteroatoms. The van der Waals surface area contributed by atoms with Gasteiger partial charge in [-0.2, -0.15) is 0 Å². The molecule has 0 aromatic carbocycles. The monoisotopic (exact) mass is 170 g/mol. The van der Waals surface area contributed by atoms with Gasteiger partial charge in [-0.25, -0.2) is 0 Å². The van der Waals surface area contributed by atoms with Crippen molar-refractivity contribution in [3.63, 3.8) is 0 Å². The Morgan fingerprint density at radius 2 is 1.50 bits per heavy atom. The highest BCUT2D eigenvalue weighted by atomic mass is 14.2. The van der Waals surface area contributed by atoms with Gasteiger partial charge in [0, 0.05) is 0 Å². The fourth-order valence-electron chi connectivity index (χ4n) is 1.60. The van der Waals surface area contributed by atoms with Crippen LogP contribution in [0.1, 0.15) is 60.8 Å². The van der Waals surface area contributed by atoms with Crippen LogP contribution in [-0.2, 0) is 0 Å². The number of hydrogen-bond donors (Lipinski definition) is 0. The van der Waals surface area contributed by atoms with Gasteiger partial charge in [0.25, 0.3) is 0 Å². The van der Waals surface area contributed by atoms with E-state index >= 15 is 0 Å². The number of hydrogen-bond acceptors (Lipinski definition) is 0. The van der Waals surface area contributed by atoms with Crippen LogP contribution in [0, 0.1) is 17.3 Å². The van der Waals surface area contributed by atoms with Gasteiger partial charge in [0.2, 0.25) is 0 Å². The Bertz CT molecular complexity index is 106. The van der Waals surface area contributed by atoms with E-state index in [1.807, 2.05) is 0 Å². The van der Waals surface area contributed by atoms with Crippen LogP contribution in [0.5, 0.6) is 0 Å². The molecule has 0 spiro atoms. The van der Waals surface area contributed by atoms with E-state index in [1.165, 1.54) is 19.3 Å². The SMILES string of the molecule is CC(C)CC(C)CCC(C)(C)C. The first-order chi connectivity index (χ1) is 5.31. The van der Waals surface area contributed by atoms with E-state index in [2.05, 4.69) is 41.5 Å². The van der Waals surface area contributed by atoms with Crippen molar-refractivity contribution in [1.82, 2.24) is 0 Å². The van der Waals surface area contributed by atoms with E-state index in [0.29, 0.717) is 5.41 Å². The first-order valence-electron chi connectivity index (χ1n) is 5.31. The van der Waals surface area contributed by atoms with Crippen molar-refractivity contribution in [3.8, 4) is 0 Å². The summed E-state index contributed by atoms with van der Waals surface area (Å²) in [5.74, 6) is 1.77. The van der Waals surface area contributed by atoms with Crippen LogP contribution in [-0.4, -0.2) is 0 Å². The molecule has 0 aromatic heterocycles. The molecule has 0 rings (SSSR count). The van der Waals surface area contributed by atoms with E-state index < -0.39 is 0 Å². The molecule has 1 atom stereocenters. The summed E-state index contributed by atoms with van der Waals surface area (Å²) in [5.41, 5.74) is 0.519. The van der Waals surface area contributed by atoms with Gasteiger partial charge in [-0.3, -0.25) is 0 Å². The minimum Gasteiger partial charge on any atom is -0.0628 e. The molecule has 1 unspecified atom stereocenters. The lowest BCUT2D eigenvalue weighted by atomic mass is 9.85. The first-order valence-corrected chi connectivity index (χ1v) is 5.31. The zero-order valence-electron chi connectivity index (χ0n) is 9.78. The second-order valence-electron chi connectivity index (χ2n) is 5.83. The lowest BCUT2D eigenvalue weighted by molar-refractivity contribution is 0.308. The van der Waals surface area contributed by atoms with E-state index in [0.717, 1.165) is 11.8 Å². The Balaban J connectivity index is 3.51. The maximum atomic E-state index is 2.38. The molecule has 0 saturated carbocycles. The van der Waals surface area contributed by atoms with Gasteiger partial charge < -0.3 is 0 Å². The predicted octanol–water partition coefficient (Wildman–Crippen LogP) is 4.49. The van der Waals surface area contributed by atoms with Gasteiger partial charge >= 0.3 is 0 Å². The summed E-state index contributed by atoms with van der Waals surface area (Å²) < 4.78 is 0. The van der Waals surface area contributed by atoms with Crippen LogP contribution < -0.4 is 0 Å². The maximum absolute atomic E-state index is 2.38. The van der Waals surface area contributed by atoms with Crippen LogP contribution in [0.25, 0.3) is 0 Å². The Labute approximate surface area is 78.8 Å². The zero-order valence-corrected chi connectivity index (χ0v) is 9.78. The molecule has 0 fully saturated rings. The van der Waals surface area contributed by atoms with E-state index in [1.54, 1.807) is 0 Å². The Morgan fingerprint density at radius 3 is 1.83 bits per heavy atom. The van der Waals surface area contributed by atoms with Crippen molar-refractivity contribution in [3.05, 3.63) is 0 Å². The second kappa shape index (κ2) is 4.89. The highest BCUT2D eigenvalue weighted by molar-refractivity contribution is 4.65. The normalized spacial score (nSPS) is 15.2. The molecule has 0 amide bonds. The maximum Gasteiger partial charge on any atom is -0.0383 e. The largest absolute Gasteiger partial charge is 0.0628 e. The summed E-state index contributed by atoms with van der Waals surface area (Å²) in [6, 6.07) is 0. The molecule has 0 radical (unpaired) electrons. The molecule has 0 aliphatic rings. The summed E-state index contributed by atoms with van der Waals surface area (Å²) in [7, 11) is 0. The number of rotatable bonds is 4. The highest BCUT2D eigenvalue weighted by Crippen LogP contribution is 2.26. The van der Waals surface area contributed by atoms with E-state index in [-0.39, 0.29) is 0 Å². The Hall–Kier alpha value is 0. The first kappa shape index (κ1) is 12.0. The highest BCUT2D eigenvalue weighted by Gasteiger charge is 2.12. The summed E-state index contributed by atoms with van der Waals surface area (Å²) in [6.45, 7) is 14.0. The average molecular weight is 170 g/mol. The Morgan fingerprint density at radius 1 is 1.00 bits per heavy atom. The van der Waals surface area contributed by atoms with Crippen LogP contribution in [0.4, 0.5) is 0 Å². The van der Waals surface area contributed by atoms with Crippen molar-refractivity contribution in [2.45, 2.75) is 60.8 Å². The molecular formula is C12H26. The third-order valence-corrected chi connectivity index (χ3v) is 2.26. The smallest absolute Gasteiger partial charge is 0.0383 e. The minimum atomic E-state index is 0.519. The van der Waals surface area contributed by atoms with Gasteiger partial charge in [0.15, 0.2) is 0 Å². The molecule has 0 bridgehead atoms. The predicted molar refractivity (Wildman–Crippen MR) is 57.3 cm³/mol. The quantitative estimate of drug-likeness (QED) is 0.583. The molecule has 0 heterocycles. The molecule has 0 nitrogen and oxygen atoms in total. The fraction of sp³-hybridized carbons (Fsp3) is 1.00. The van der Waals surface area contributed by atoms with Gasteiger partial charge in [0.05, 0.1) is 0 Å². The van der Waals surface area contributed by atoms with Crippen LogP contribution in [0.3, 0.4) is 0 Å². The van der Waals surface area contributed by atoms with Crippen LogP contribution in [0.15, 0.2) is 0 Å². The third-order valence-electron chi connectivity index (χ3n) is 2.26. The van der Waals surface area contributed by atoms with Crippen molar-refractivity contribution in [1.29, 1.82) is 0 Å². The average Bonchev–Trinajstić information content (AvgIpc) is 1.80. The third kappa shape index (κ3) is 8.10. The van der Waals surface area contributed by atoms with Gasteiger partial charge in [-0.05, 0) is 30.1 Å². The summed E-state index contributed by atoms with van der Waals surface area (Å²) in [4.78, 5) is 0. The molecule has 12 heavy (non-hydrogen) atoms. The standard InChI is InChI=1S/C12H26/c1-10(2)9-11(3)7-8-12(4,5)6/h10-11H,7-9H2,1-6H3. The van der Waals surface area contributed by atoms with E-state index in [4.69, 9.17) is 0 Å². The molecule has 0 aliphatic heterocycles.